The van der Waals surface area contributed by atoms with Gasteiger partial charge in [0, 0.05) is 12.6 Å². The fourth-order valence-electron chi connectivity index (χ4n) is 1.94. The van der Waals surface area contributed by atoms with Gasteiger partial charge in [-0.15, -0.1) is 0 Å². The maximum atomic E-state index is 11.5. The molecule has 1 saturated heterocycles. The summed E-state index contributed by atoms with van der Waals surface area (Å²) in [6.07, 6.45) is 0. The molecule has 16 heavy (non-hydrogen) atoms. The van der Waals surface area contributed by atoms with Crippen LogP contribution in [-0.2, 0) is 4.79 Å². The molecule has 1 aliphatic rings. The van der Waals surface area contributed by atoms with Crippen molar-refractivity contribution >= 4 is 5.78 Å². The van der Waals surface area contributed by atoms with Crippen molar-refractivity contribution in [3.05, 3.63) is 35.9 Å². The fourth-order valence-corrected chi connectivity index (χ4v) is 1.94. The Hall–Kier alpha value is -1.59. The minimum atomic E-state index is 0.0163. The van der Waals surface area contributed by atoms with E-state index in [4.69, 9.17) is 0 Å². The molecule has 82 valence electrons. The molecule has 0 radical (unpaired) electrons. The summed E-state index contributed by atoms with van der Waals surface area (Å²) in [5.74, 6) is 5.32. The van der Waals surface area contributed by atoms with Crippen LogP contribution in [-0.4, -0.2) is 23.3 Å². The highest BCUT2D eigenvalue weighted by molar-refractivity contribution is 6.01. The molecular weight excluding hydrogens is 198 g/mol. The quantitative estimate of drug-likeness (QED) is 0.435. The normalized spacial score (nSPS) is 24.1. The van der Waals surface area contributed by atoms with Crippen molar-refractivity contribution in [3.63, 3.8) is 0 Å². The van der Waals surface area contributed by atoms with Crippen LogP contribution in [0.3, 0.4) is 0 Å². The molecular formula is C14H15NO. The Morgan fingerprint density at radius 1 is 1.44 bits per heavy atom. The van der Waals surface area contributed by atoms with Crippen molar-refractivity contribution in [2.45, 2.75) is 25.9 Å². The predicted octanol–water partition coefficient (Wildman–Crippen LogP) is 2.02. The SMILES string of the molecule is CC#CC(=O)C1CN1[C@H](C)c1ccccc1. The number of nitrogens with zero attached hydrogens (tertiary/aromatic N) is 1. The average Bonchev–Trinajstić information content (AvgIpc) is 3.09. The third-order valence-corrected chi connectivity index (χ3v) is 2.98. The van der Waals surface area contributed by atoms with Crippen molar-refractivity contribution in [2.75, 3.05) is 6.54 Å². The zero-order valence-electron chi connectivity index (χ0n) is 9.60. The maximum absolute atomic E-state index is 11.5. The molecule has 2 unspecified atom stereocenters. The van der Waals surface area contributed by atoms with E-state index in [2.05, 4.69) is 35.8 Å². The van der Waals surface area contributed by atoms with Gasteiger partial charge in [0.2, 0.25) is 5.78 Å². The van der Waals surface area contributed by atoms with Crippen LogP contribution in [0.15, 0.2) is 30.3 Å². The maximum Gasteiger partial charge on any atom is 0.223 e. The topological polar surface area (TPSA) is 20.1 Å². The zero-order valence-corrected chi connectivity index (χ0v) is 9.60. The Labute approximate surface area is 96.3 Å². The second-order valence-electron chi connectivity index (χ2n) is 4.04. The molecule has 2 nitrogen and oxygen atoms in total. The van der Waals surface area contributed by atoms with Gasteiger partial charge in [0.25, 0.3) is 0 Å². The number of benzene rings is 1. The van der Waals surface area contributed by atoms with E-state index in [9.17, 15) is 4.79 Å². The van der Waals surface area contributed by atoms with E-state index in [0.717, 1.165) is 6.54 Å². The molecule has 1 aromatic rings. The Kier molecular flexibility index (Phi) is 3.07. The van der Waals surface area contributed by atoms with Crippen LogP contribution in [0.5, 0.6) is 0 Å². The summed E-state index contributed by atoms with van der Waals surface area (Å²) in [5.41, 5.74) is 1.25. The predicted molar refractivity (Wildman–Crippen MR) is 63.8 cm³/mol. The van der Waals surface area contributed by atoms with Crippen molar-refractivity contribution in [1.82, 2.24) is 4.90 Å². The van der Waals surface area contributed by atoms with Gasteiger partial charge in [-0.05, 0) is 25.3 Å². The standard InChI is InChI=1S/C14H15NO/c1-3-7-14(16)13-10-15(13)11(2)12-8-5-4-6-9-12/h4-6,8-9,11,13H,10H2,1-2H3/t11-,13?,15?/m1/s1. The summed E-state index contributed by atoms with van der Waals surface area (Å²) in [5, 5.41) is 0. The molecule has 0 amide bonds. The van der Waals surface area contributed by atoms with Gasteiger partial charge < -0.3 is 0 Å². The van der Waals surface area contributed by atoms with Crippen LogP contribution in [0.4, 0.5) is 0 Å². The molecule has 0 spiro atoms. The Morgan fingerprint density at radius 2 is 2.12 bits per heavy atom. The molecule has 0 saturated carbocycles. The third-order valence-electron chi connectivity index (χ3n) is 2.98. The van der Waals surface area contributed by atoms with Crippen molar-refractivity contribution < 1.29 is 4.79 Å². The lowest BCUT2D eigenvalue weighted by atomic mass is 10.1. The number of ketones is 1. The summed E-state index contributed by atoms with van der Waals surface area (Å²) < 4.78 is 0. The summed E-state index contributed by atoms with van der Waals surface area (Å²) in [7, 11) is 0. The first-order chi connectivity index (χ1) is 7.74. The fraction of sp³-hybridized carbons (Fsp3) is 0.357. The third kappa shape index (κ3) is 2.15. The van der Waals surface area contributed by atoms with E-state index in [1.54, 1.807) is 6.92 Å². The van der Waals surface area contributed by atoms with Crippen molar-refractivity contribution in [3.8, 4) is 11.8 Å². The summed E-state index contributed by atoms with van der Waals surface area (Å²) >= 11 is 0. The van der Waals surface area contributed by atoms with Gasteiger partial charge in [-0.3, -0.25) is 9.69 Å². The lowest BCUT2D eigenvalue weighted by molar-refractivity contribution is -0.114. The number of hydrogen-bond donors (Lipinski definition) is 0. The average molecular weight is 213 g/mol. The first-order valence-electron chi connectivity index (χ1n) is 5.51. The molecule has 1 aliphatic heterocycles. The van der Waals surface area contributed by atoms with Crippen LogP contribution >= 0.6 is 0 Å². The second kappa shape index (κ2) is 4.51. The molecule has 0 N–H and O–H groups in total. The summed E-state index contributed by atoms with van der Waals surface area (Å²) in [6, 6.07) is 10.6. The molecule has 1 aromatic carbocycles. The second-order valence-corrected chi connectivity index (χ2v) is 4.04. The lowest BCUT2D eigenvalue weighted by Crippen LogP contribution is -2.14. The van der Waals surface area contributed by atoms with Crippen LogP contribution in [0, 0.1) is 11.8 Å². The van der Waals surface area contributed by atoms with E-state index in [1.807, 2.05) is 18.2 Å². The van der Waals surface area contributed by atoms with Gasteiger partial charge in [-0.2, -0.15) is 0 Å². The highest BCUT2D eigenvalue weighted by Gasteiger charge is 2.42. The first-order valence-corrected chi connectivity index (χ1v) is 5.51. The number of carbonyl (C=O) groups excluding carboxylic acids is 1. The molecule has 3 atom stereocenters. The minimum absolute atomic E-state index is 0.0163. The monoisotopic (exact) mass is 213 g/mol. The van der Waals surface area contributed by atoms with Crippen molar-refractivity contribution in [1.29, 1.82) is 0 Å². The van der Waals surface area contributed by atoms with Crippen LogP contribution < -0.4 is 0 Å². The van der Waals surface area contributed by atoms with E-state index in [0.29, 0.717) is 6.04 Å². The number of carbonyl (C=O) groups is 1. The lowest BCUT2D eigenvalue weighted by Gasteiger charge is -2.13. The molecule has 1 fully saturated rings. The molecule has 0 aliphatic carbocycles. The van der Waals surface area contributed by atoms with Gasteiger partial charge in [0.1, 0.15) is 0 Å². The van der Waals surface area contributed by atoms with Crippen LogP contribution in [0.1, 0.15) is 25.5 Å². The number of Topliss-reactive ketones (excluding diaryl/α,β-unsaturated/α-hetero) is 1. The minimum Gasteiger partial charge on any atom is -0.283 e. The number of hydrogen-bond acceptors (Lipinski definition) is 2. The van der Waals surface area contributed by atoms with Gasteiger partial charge in [-0.25, -0.2) is 0 Å². The van der Waals surface area contributed by atoms with E-state index in [1.165, 1.54) is 5.56 Å². The van der Waals surface area contributed by atoms with Crippen LogP contribution in [0.2, 0.25) is 0 Å². The van der Waals surface area contributed by atoms with Gasteiger partial charge >= 0.3 is 0 Å². The number of rotatable bonds is 3. The highest BCUT2D eigenvalue weighted by Crippen LogP contribution is 2.31. The summed E-state index contributed by atoms with van der Waals surface area (Å²) in [6.45, 7) is 4.66. The van der Waals surface area contributed by atoms with Crippen LogP contribution in [0.25, 0.3) is 0 Å². The molecule has 2 rings (SSSR count). The molecule has 2 heteroatoms. The Bertz CT molecular complexity index is 441. The van der Waals surface area contributed by atoms with Gasteiger partial charge in [-0.1, -0.05) is 36.3 Å². The Morgan fingerprint density at radius 3 is 2.75 bits per heavy atom. The van der Waals surface area contributed by atoms with E-state index >= 15 is 0 Å². The first kappa shape index (κ1) is 10.9. The van der Waals surface area contributed by atoms with Gasteiger partial charge in [0.05, 0.1) is 6.04 Å². The van der Waals surface area contributed by atoms with E-state index < -0.39 is 0 Å². The Balaban J connectivity index is 2.01. The smallest absolute Gasteiger partial charge is 0.223 e. The largest absolute Gasteiger partial charge is 0.283 e. The van der Waals surface area contributed by atoms with E-state index in [-0.39, 0.29) is 11.8 Å². The summed E-state index contributed by atoms with van der Waals surface area (Å²) in [4.78, 5) is 13.7. The molecule has 0 aromatic heterocycles. The zero-order chi connectivity index (χ0) is 11.5. The van der Waals surface area contributed by atoms with Crippen molar-refractivity contribution in [2.24, 2.45) is 0 Å². The molecule has 0 bridgehead atoms. The highest BCUT2D eigenvalue weighted by atomic mass is 16.1. The van der Waals surface area contributed by atoms with Gasteiger partial charge in [0.15, 0.2) is 0 Å². The molecule has 1 heterocycles.